The van der Waals surface area contributed by atoms with E-state index in [-0.39, 0.29) is 0 Å². The van der Waals surface area contributed by atoms with Crippen LogP contribution in [0.2, 0.25) is 0 Å². The molecule has 1 saturated heterocycles. The molecule has 3 nitrogen and oxygen atoms in total. The SMILES string of the molecule is CCC1(O)CC2CCc3[nH]c4c(c3CCN(C2)C1)CCCC4. The van der Waals surface area contributed by atoms with Crippen LogP contribution in [-0.4, -0.2) is 40.2 Å². The van der Waals surface area contributed by atoms with E-state index in [1.807, 2.05) is 0 Å². The molecule has 4 rings (SSSR count). The van der Waals surface area contributed by atoms with E-state index >= 15 is 0 Å². The van der Waals surface area contributed by atoms with Gasteiger partial charge in [0.25, 0.3) is 0 Å². The Morgan fingerprint density at radius 2 is 1.91 bits per heavy atom. The lowest BCUT2D eigenvalue weighted by molar-refractivity contribution is -0.0557. The summed E-state index contributed by atoms with van der Waals surface area (Å²) >= 11 is 0. The molecular formula is C19H30N2O. The first-order valence-corrected chi connectivity index (χ1v) is 9.33. The van der Waals surface area contributed by atoms with Crippen molar-refractivity contribution >= 4 is 0 Å². The summed E-state index contributed by atoms with van der Waals surface area (Å²) in [5.74, 6) is 0.657. The Kier molecular flexibility index (Phi) is 3.82. The van der Waals surface area contributed by atoms with Crippen molar-refractivity contribution in [3.8, 4) is 0 Å². The Morgan fingerprint density at radius 3 is 2.77 bits per heavy atom. The summed E-state index contributed by atoms with van der Waals surface area (Å²) in [4.78, 5) is 6.32. The van der Waals surface area contributed by atoms with Crippen molar-refractivity contribution in [3.63, 3.8) is 0 Å². The van der Waals surface area contributed by atoms with Gasteiger partial charge in [-0.05, 0) is 74.8 Å². The molecule has 0 aromatic carbocycles. The maximum absolute atomic E-state index is 10.8. The highest BCUT2D eigenvalue weighted by atomic mass is 16.3. The number of rotatable bonds is 1. The van der Waals surface area contributed by atoms with Crippen LogP contribution in [0.25, 0.3) is 0 Å². The molecule has 3 unspecified atom stereocenters. The molecule has 122 valence electrons. The predicted octanol–water partition coefficient (Wildman–Crippen LogP) is 2.85. The second-order valence-electron chi connectivity index (χ2n) is 7.92. The minimum absolute atomic E-state index is 0.444. The molecule has 1 fully saturated rings. The van der Waals surface area contributed by atoms with E-state index in [0.29, 0.717) is 5.92 Å². The number of nitrogens with one attached hydrogen (secondary N) is 1. The van der Waals surface area contributed by atoms with Crippen LogP contribution in [0.15, 0.2) is 0 Å². The van der Waals surface area contributed by atoms with Gasteiger partial charge in [0.1, 0.15) is 0 Å². The quantitative estimate of drug-likeness (QED) is 0.837. The normalized spacial score (nSPS) is 35.0. The molecule has 0 radical (unpaired) electrons. The molecule has 3 atom stereocenters. The zero-order valence-corrected chi connectivity index (χ0v) is 14.0. The first kappa shape index (κ1) is 14.8. The van der Waals surface area contributed by atoms with E-state index in [0.717, 1.165) is 25.9 Å². The number of aromatic amines is 1. The van der Waals surface area contributed by atoms with Crippen LogP contribution in [-0.2, 0) is 25.7 Å². The summed E-state index contributed by atoms with van der Waals surface area (Å²) in [5, 5.41) is 10.8. The third-order valence-corrected chi connectivity index (χ3v) is 6.34. The lowest BCUT2D eigenvalue weighted by Gasteiger charge is -2.42. The van der Waals surface area contributed by atoms with Crippen LogP contribution >= 0.6 is 0 Å². The Morgan fingerprint density at radius 1 is 1.14 bits per heavy atom. The van der Waals surface area contributed by atoms with Gasteiger partial charge in [-0.1, -0.05) is 6.92 Å². The number of aromatic nitrogens is 1. The second-order valence-corrected chi connectivity index (χ2v) is 7.92. The standard InChI is InChI=1S/C19H30N2O/c1-2-19(22)11-14-7-8-18-16(9-10-21(12-14)13-19)15-5-3-4-6-17(15)20-18/h14,20,22H,2-13H2,1H3. The zero-order valence-electron chi connectivity index (χ0n) is 14.0. The van der Waals surface area contributed by atoms with Gasteiger partial charge in [-0.3, -0.25) is 4.90 Å². The first-order chi connectivity index (χ1) is 10.7. The topological polar surface area (TPSA) is 39.3 Å². The summed E-state index contributed by atoms with van der Waals surface area (Å²) in [7, 11) is 0. The van der Waals surface area contributed by atoms with Crippen molar-refractivity contribution in [2.24, 2.45) is 5.92 Å². The van der Waals surface area contributed by atoms with E-state index in [4.69, 9.17) is 0 Å². The molecule has 1 aromatic heterocycles. The molecule has 2 aliphatic heterocycles. The Hall–Kier alpha value is -0.800. The van der Waals surface area contributed by atoms with Gasteiger partial charge in [-0.2, -0.15) is 0 Å². The molecule has 3 heteroatoms. The largest absolute Gasteiger partial charge is 0.389 e. The van der Waals surface area contributed by atoms with Gasteiger partial charge in [-0.15, -0.1) is 0 Å². The van der Waals surface area contributed by atoms with Crippen molar-refractivity contribution in [1.29, 1.82) is 0 Å². The molecule has 22 heavy (non-hydrogen) atoms. The van der Waals surface area contributed by atoms with Crippen molar-refractivity contribution in [2.75, 3.05) is 19.6 Å². The third-order valence-electron chi connectivity index (χ3n) is 6.34. The van der Waals surface area contributed by atoms with E-state index in [9.17, 15) is 5.11 Å². The van der Waals surface area contributed by atoms with Crippen molar-refractivity contribution in [1.82, 2.24) is 9.88 Å². The maximum atomic E-state index is 10.8. The second kappa shape index (κ2) is 5.68. The number of aliphatic hydroxyl groups is 1. The van der Waals surface area contributed by atoms with Gasteiger partial charge < -0.3 is 10.1 Å². The molecule has 2 bridgehead atoms. The lowest BCUT2D eigenvalue weighted by atomic mass is 9.81. The highest BCUT2D eigenvalue weighted by Gasteiger charge is 2.37. The summed E-state index contributed by atoms with van der Waals surface area (Å²) in [5.41, 5.74) is 5.93. The number of H-pyrrole nitrogens is 1. The van der Waals surface area contributed by atoms with Gasteiger partial charge in [0, 0.05) is 31.0 Å². The van der Waals surface area contributed by atoms with Crippen LogP contribution in [0.5, 0.6) is 0 Å². The Balaban J connectivity index is 1.61. The monoisotopic (exact) mass is 302 g/mol. The summed E-state index contributed by atoms with van der Waals surface area (Å²) in [6.45, 7) is 5.33. The Labute approximate surface area is 134 Å². The number of aryl methyl sites for hydroxylation is 2. The van der Waals surface area contributed by atoms with Crippen molar-refractivity contribution in [2.45, 2.75) is 70.3 Å². The fourth-order valence-corrected chi connectivity index (χ4v) is 5.08. The zero-order chi connectivity index (χ0) is 15.2. The van der Waals surface area contributed by atoms with E-state index < -0.39 is 5.60 Å². The fraction of sp³-hybridized carbons (Fsp3) is 0.789. The Bertz CT molecular complexity index is 550. The first-order valence-electron chi connectivity index (χ1n) is 9.33. The molecule has 3 aliphatic rings. The van der Waals surface area contributed by atoms with Gasteiger partial charge in [0.15, 0.2) is 0 Å². The molecule has 0 amide bonds. The molecule has 3 heterocycles. The number of fused-ring (bicyclic) bond motifs is 5. The molecule has 1 aromatic rings. The molecule has 0 saturated carbocycles. The number of hydrogen-bond donors (Lipinski definition) is 2. The molecule has 0 spiro atoms. The van der Waals surface area contributed by atoms with Crippen LogP contribution in [0.4, 0.5) is 0 Å². The predicted molar refractivity (Wildman–Crippen MR) is 89.2 cm³/mol. The molecular weight excluding hydrogens is 272 g/mol. The number of hydrogen-bond acceptors (Lipinski definition) is 2. The van der Waals surface area contributed by atoms with Crippen molar-refractivity contribution in [3.05, 3.63) is 22.5 Å². The van der Waals surface area contributed by atoms with Gasteiger partial charge >= 0.3 is 0 Å². The van der Waals surface area contributed by atoms with Gasteiger partial charge in [0.2, 0.25) is 0 Å². The van der Waals surface area contributed by atoms with Crippen LogP contribution in [0.1, 0.15) is 61.5 Å². The third kappa shape index (κ3) is 2.63. The van der Waals surface area contributed by atoms with E-state index in [1.165, 1.54) is 57.2 Å². The van der Waals surface area contributed by atoms with Crippen LogP contribution in [0, 0.1) is 5.92 Å². The average molecular weight is 302 g/mol. The highest BCUT2D eigenvalue weighted by molar-refractivity contribution is 5.39. The van der Waals surface area contributed by atoms with Crippen LogP contribution in [0.3, 0.4) is 0 Å². The van der Waals surface area contributed by atoms with Crippen molar-refractivity contribution < 1.29 is 5.11 Å². The number of piperidine rings is 1. The van der Waals surface area contributed by atoms with E-state index in [2.05, 4.69) is 16.8 Å². The summed E-state index contributed by atoms with van der Waals surface area (Å²) in [6, 6.07) is 0. The van der Waals surface area contributed by atoms with Gasteiger partial charge in [-0.25, -0.2) is 0 Å². The van der Waals surface area contributed by atoms with E-state index in [1.54, 1.807) is 16.8 Å². The summed E-state index contributed by atoms with van der Waals surface area (Å²) in [6.07, 6.45) is 10.7. The average Bonchev–Trinajstić information content (AvgIpc) is 2.89. The summed E-state index contributed by atoms with van der Waals surface area (Å²) < 4.78 is 0. The lowest BCUT2D eigenvalue weighted by Crippen LogP contribution is -2.51. The minimum atomic E-state index is -0.444. The maximum Gasteiger partial charge on any atom is 0.0774 e. The highest BCUT2D eigenvalue weighted by Crippen LogP contribution is 2.35. The molecule has 2 N–H and O–H groups in total. The van der Waals surface area contributed by atoms with Gasteiger partial charge in [0.05, 0.1) is 5.60 Å². The fourth-order valence-electron chi connectivity index (χ4n) is 5.08. The molecule has 1 aliphatic carbocycles. The number of nitrogens with zero attached hydrogens (tertiary/aromatic N) is 1. The minimum Gasteiger partial charge on any atom is -0.389 e. The smallest absolute Gasteiger partial charge is 0.0774 e. The van der Waals surface area contributed by atoms with Crippen LogP contribution < -0.4 is 0 Å².